The minimum atomic E-state index is 0.541. The lowest BCUT2D eigenvalue weighted by Crippen LogP contribution is -2.16. The molecule has 0 radical (unpaired) electrons. The number of para-hydroxylation sites is 8. The Kier molecular flexibility index (Phi) is 8.30. The molecule has 6 nitrogen and oxygen atoms in total. The summed E-state index contributed by atoms with van der Waals surface area (Å²) in [5, 5.41) is 24.0. The van der Waals surface area contributed by atoms with E-state index in [1.54, 1.807) is 11.3 Å². The van der Waals surface area contributed by atoms with E-state index in [2.05, 4.69) is 243 Å². The zero-order valence-electron chi connectivity index (χ0n) is 39.0. The van der Waals surface area contributed by atoms with Crippen LogP contribution >= 0.6 is 11.3 Å². The first kappa shape index (κ1) is 40.0. The smallest absolute Gasteiger partial charge is 0.104 e. The van der Waals surface area contributed by atoms with Gasteiger partial charge in [0.05, 0.1) is 66.9 Å². The van der Waals surface area contributed by atoms with Crippen molar-refractivity contribution in [2.75, 3.05) is 0 Å². The fourth-order valence-electron chi connectivity index (χ4n) is 12.5. The van der Waals surface area contributed by atoms with Crippen molar-refractivity contribution < 1.29 is 0 Å². The summed E-state index contributed by atoms with van der Waals surface area (Å²) in [7, 11) is 0. The van der Waals surface area contributed by atoms with Gasteiger partial charge in [-0.3, -0.25) is 4.98 Å². The van der Waals surface area contributed by atoms with Crippen LogP contribution in [0.15, 0.2) is 231 Å². The van der Waals surface area contributed by atoms with Gasteiger partial charge in [-0.05, 0) is 66.2 Å². The van der Waals surface area contributed by atoms with E-state index < -0.39 is 0 Å². The standard InChI is InChI=1S/C66H38N6S/c67-38-49-63(69-51-27-9-1-18-40(51)41-19-2-10-28-52(41)69)65(71-55-31-13-5-22-44(55)45-23-6-14-32-56(45)71)62(48-26-17-35-60-61(48)50-39-68-37-36-59(50)73-60)66(72-57-33-15-7-24-46(57)47-25-8-16-34-58(47)72)64(49)70-53-29-11-3-20-42(53)43-21-4-12-30-54(43)70/h1-37,39H. The summed E-state index contributed by atoms with van der Waals surface area (Å²) in [4.78, 5) is 4.80. The highest BCUT2D eigenvalue weighted by Crippen LogP contribution is 2.54. The van der Waals surface area contributed by atoms with Crippen molar-refractivity contribution in [1.82, 2.24) is 23.3 Å². The van der Waals surface area contributed by atoms with E-state index in [0.717, 1.165) is 141 Å². The Morgan fingerprint density at radius 1 is 0.329 bits per heavy atom. The molecule has 338 valence electrons. The van der Waals surface area contributed by atoms with Gasteiger partial charge in [0.1, 0.15) is 11.6 Å². The molecule has 16 rings (SSSR count). The summed E-state index contributed by atoms with van der Waals surface area (Å²) < 4.78 is 12.0. The molecule has 0 aliphatic heterocycles. The SMILES string of the molecule is N#Cc1c(-n2c3ccccc3c3ccccc32)c(-n2c3ccccc3c3ccccc32)c(-c2cccc3sc4ccncc4c23)c(-n2c3ccccc3c3ccccc32)c1-n1c2ccccc2c2ccccc21. The highest BCUT2D eigenvalue weighted by atomic mass is 32.1. The number of rotatable bonds is 5. The van der Waals surface area contributed by atoms with E-state index in [4.69, 9.17) is 4.98 Å². The van der Waals surface area contributed by atoms with Gasteiger partial charge in [0, 0.05) is 81.2 Å². The predicted molar refractivity (Wildman–Crippen MR) is 305 cm³/mol. The van der Waals surface area contributed by atoms with Crippen LogP contribution in [0.25, 0.3) is 141 Å². The Morgan fingerprint density at radius 3 is 1.00 bits per heavy atom. The maximum atomic E-state index is 12.8. The largest absolute Gasteiger partial charge is 0.306 e. The molecule has 16 aromatic rings. The molecule has 0 aliphatic rings. The Bertz CT molecular complexity index is 4600. The molecule has 0 saturated heterocycles. The average molecular weight is 947 g/mol. The summed E-state index contributed by atoms with van der Waals surface area (Å²) in [5.74, 6) is 0. The lowest BCUT2D eigenvalue weighted by molar-refractivity contribution is 1.04. The summed E-state index contributed by atoms with van der Waals surface area (Å²) in [6, 6.07) is 81.6. The number of hydrogen-bond donors (Lipinski definition) is 0. The molecule has 0 spiro atoms. The highest BCUT2D eigenvalue weighted by Gasteiger charge is 2.35. The Hall–Kier alpha value is -9.74. The molecular formula is C66H38N6S. The van der Waals surface area contributed by atoms with Crippen LogP contribution in [-0.2, 0) is 0 Å². The van der Waals surface area contributed by atoms with Crippen molar-refractivity contribution in [2.45, 2.75) is 0 Å². The minimum absolute atomic E-state index is 0.541. The molecule has 0 unspecified atom stereocenters. The maximum absolute atomic E-state index is 12.8. The number of aromatic nitrogens is 5. The van der Waals surface area contributed by atoms with Crippen molar-refractivity contribution in [3.8, 4) is 39.9 Å². The minimum Gasteiger partial charge on any atom is -0.306 e. The summed E-state index contributed by atoms with van der Waals surface area (Å²) in [5.41, 5.74) is 14.1. The van der Waals surface area contributed by atoms with Crippen LogP contribution in [0.3, 0.4) is 0 Å². The second-order valence-corrected chi connectivity index (χ2v) is 20.0. The number of thiophene rings is 1. The Labute approximate surface area is 421 Å². The van der Waals surface area contributed by atoms with E-state index in [1.165, 1.54) is 0 Å². The first-order valence-corrected chi connectivity index (χ1v) is 25.4. The van der Waals surface area contributed by atoms with Crippen LogP contribution in [0, 0.1) is 11.3 Å². The molecule has 73 heavy (non-hydrogen) atoms. The van der Waals surface area contributed by atoms with Crippen LogP contribution in [-0.4, -0.2) is 23.3 Å². The fraction of sp³-hybridized carbons (Fsp3) is 0. The van der Waals surface area contributed by atoms with Crippen molar-refractivity contribution in [1.29, 1.82) is 5.26 Å². The van der Waals surface area contributed by atoms with Crippen molar-refractivity contribution >= 4 is 119 Å². The van der Waals surface area contributed by atoms with Gasteiger partial charge in [-0.15, -0.1) is 11.3 Å². The van der Waals surface area contributed by atoms with Gasteiger partial charge in [0.15, 0.2) is 0 Å². The Balaban J connectivity index is 1.30. The van der Waals surface area contributed by atoms with Gasteiger partial charge in [0.25, 0.3) is 0 Å². The van der Waals surface area contributed by atoms with E-state index >= 15 is 0 Å². The van der Waals surface area contributed by atoms with Gasteiger partial charge in [0.2, 0.25) is 0 Å². The third kappa shape index (κ3) is 5.37. The second-order valence-electron chi connectivity index (χ2n) is 18.9. The highest BCUT2D eigenvalue weighted by molar-refractivity contribution is 7.25. The van der Waals surface area contributed by atoms with Gasteiger partial charge in [-0.2, -0.15) is 5.26 Å². The molecule has 0 bridgehead atoms. The van der Waals surface area contributed by atoms with Gasteiger partial charge < -0.3 is 18.3 Å². The first-order valence-electron chi connectivity index (χ1n) is 24.6. The third-order valence-electron chi connectivity index (χ3n) is 15.3. The van der Waals surface area contributed by atoms with Gasteiger partial charge in [-0.1, -0.05) is 158 Å². The molecule has 10 aromatic carbocycles. The molecule has 0 atom stereocenters. The zero-order valence-corrected chi connectivity index (χ0v) is 39.8. The topological polar surface area (TPSA) is 56.4 Å². The summed E-state index contributed by atoms with van der Waals surface area (Å²) >= 11 is 1.79. The monoisotopic (exact) mass is 946 g/mol. The molecule has 6 aromatic heterocycles. The second kappa shape index (κ2) is 15.1. The third-order valence-corrected chi connectivity index (χ3v) is 16.4. The van der Waals surface area contributed by atoms with Crippen LogP contribution in [0.1, 0.15) is 5.56 Å². The van der Waals surface area contributed by atoms with E-state index in [9.17, 15) is 5.26 Å². The van der Waals surface area contributed by atoms with Crippen LogP contribution in [0.4, 0.5) is 0 Å². The van der Waals surface area contributed by atoms with Crippen molar-refractivity contribution in [2.24, 2.45) is 0 Å². The summed E-state index contributed by atoms with van der Waals surface area (Å²) in [6.45, 7) is 0. The predicted octanol–water partition coefficient (Wildman–Crippen LogP) is 17.4. The Morgan fingerprint density at radius 2 is 0.658 bits per heavy atom. The van der Waals surface area contributed by atoms with Crippen molar-refractivity contribution in [3.05, 3.63) is 236 Å². The van der Waals surface area contributed by atoms with Crippen LogP contribution in [0.2, 0.25) is 0 Å². The van der Waals surface area contributed by atoms with Gasteiger partial charge in [-0.25, -0.2) is 0 Å². The van der Waals surface area contributed by atoms with Gasteiger partial charge >= 0.3 is 0 Å². The lowest BCUT2D eigenvalue weighted by atomic mass is 9.91. The number of nitrogens with zero attached hydrogens (tertiary/aromatic N) is 6. The maximum Gasteiger partial charge on any atom is 0.104 e. The number of benzene rings is 10. The molecule has 6 heterocycles. The number of hydrogen-bond acceptors (Lipinski definition) is 3. The first-order chi connectivity index (χ1) is 36.3. The molecule has 0 N–H and O–H groups in total. The quantitative estimate of drug-likeness (QED) is 0.173. The average Bonchev–Trinajstić information content (AvgIpc) is 4.25. The molecule has 0 amide bonds. The zero-order chi connectivity index (χ0) is 47.9. The van der Waals surface area contributed by atoms with Crippen LogP contribution < -0.4 is 0 Å². The summed E-state index contributed by atoms with van der Waals surface area (Å²) in [6.07, 6.45) is 3.93. The number of pyridine rings is 1. The lowest BCUT2D eigenvalue weighted by Gasteiger charge is -2.29. The van der Waals surface area contributed by atoms with E-state index in [1.807, 2.05) is 12.4 Å². The number of nitriles is 1. The fourth-order valence-corrected chi connectivity index (χ4v) is 13.6. The van der Waals surface area contributed by atoms with E-state index in [-0.39, 0.29) is 0 Å². The normalized spacial score (nSPS) is 12.1. The molecule has 0 fully saturated rings. The van der Waals surface area contributed by atoms with E-state index in [0.29, 0.717) is 5.56 Å². The molecule has 0 saturated carbocycles. The van der Waals surface area contributed by atoms with Crippen molar-refractivity contribution in [3.63, 3.8) is 0 Å². The molecular weight excluding hydrogens is 909 g/mol. The number of fused-ring (bicyclic) bond motifs is 15. The van der Waals surface area contributed by atoms with Crippen LogP contribution in [0.5, 0.6) is 0 Å². The molecule has 0 aliphatic carbocycles. The molecule has 7 heteroatoms.